The predicted octanol–water partition coefficient (Wildman–Crippen LogP) is 10.6. The Morgan fingerprint density at radius 3 is 2.23 bits per heavy atom. The quantitative estimate of drug-likeness (QED) is 0.0697. The van der Waals surface area contributed by atoms with Crippen LogP contribution < -0.4 is 11.5 Å². The highest BCUT2D eigenvalue weighted by atomic mass is 16.5. The van der Waals surface area contributed by atoms with E-state index in [1.54, 1.807) is 5.57 Å². The van der Waals surface area contributed by atoms with Gasteiger partial charge in [0, 0.05) is 38.0 Å². The smallest absolute Gasteiger partial charge is 0.306 e. The Bertz CT molecular complexity index is 1150. The Hall–Kier alpha value is -1.40. The second-order valence-corrected chi connectivity index (χ2v) is 19.5. The molecule has 0 bridgehead atoms. The van der Waals surface area contributed by atoms with Crippen LogP contribution in [0.15, 0.2) is 11.6 Å². The first kappa shape index (κ1) is 43.3. The first-order valence-electron chi connectivity index (χ1n) is 22.4. The number of unbranched alkanes of at least 4 members (excludes halogenated alkanes) is 4. The average Bonchev–Trinajstić information content (AvgIpc) is 3.45. The van der Waals surface area contributed by atoms with E-state index < -0.39 is 0 Å². The number of nitrogens with zero attached hydrogens (tertiary/aromatic N) is 1. The highest BCUT2D eigenvalue weighted by molar-refractivity contribution is 5.81. The summed E-state index contributed by atoms with van der Waals surface area (Å²) in [5.41, 5.74) is 14.2. The van der Waals surface area contributed by atoms with Gasteiger partial charge in [-0.1, -0.05) is 91.7 Å². The summed E-state index contributed by atoms with van der Waals surface area (Å²) < 4.78 is 6.11. The van der Waals surface area contributed by atoms with Crippen molar-refractivity contribution in [1.82, 2.24) is 4.90 Å². The second-order valence-electron chi connectivity index (χ2n) is 19.5. The number of amides is 1. The fraction of sp³-hybridized carbons (Fsp3) is 0.913. The monoisotopic (exact) mass is 726 g/mol. The minimum atomic E-state index is -0.212. The molecule has 52 heavy (non-hydrogen) atoms. The maximum Gasteiger partial charge on any atom is 0.306 e. The van der Waals surface area contributed by atoms with Crippen LogP contribution in [-0.4, -0.2) is 48.1 Å². The molecule has 9 unspecified atom stereocenters. The largest absolute Gasteiger partial charge is 0.462 e. The molecule has 0 aromatic heterocycles. The van der Waals surface area contributed by atoms with Gasteiger partial charge in [-0.25, -0.2) is 0 Å². The molecule has 6 nitrogen and oxygen atoms in total. The number of allylic oxidation sites excluding steroid dienone is 1. The van der Waals surface area contributed by atoms with Gasteiger partial charge in [0.15, 0.2) is 0 Å². The topological polar surface area (TPSA) is 98.7 Å². The molecular weight excluding hydrogens is 643 g/mol. The van der Waals surface area contributed by atoms with Crippen molar-refractivity contribution < 1.29 is 14.3 Å². The molecule has 0 spiro atoms. The van der Waals surface area contributed by atoms with Gasteiger partial charge in [-0.3, -0.25) is 9.59 Å². The lowest BCUT2D eigenvalue weighted by atomic mass is 9.47. The van der Waals surface area contributed by atoms with Gasteiger partial charge in [0.2, 0.25) is 5.91 Å². The highest BCUT2D eigenvalue weighted by Crippen LogP contribution is 2.67. The van der Waals surface area contributed by atoms with Gasteiger partial charge >= 0.3 is 5.97 Å². The third-order valence-electron chi connectivity index (χ3n) is 15.4. The molecule has 0 heterocycles. The van der Waals surface area contributed by atoms with Gasteiger partial charge in [0.1, 0.15) is 6.10 Å². The molecule has 0 saturated heterocycles. The van der Waals surface area contributed by atoms with E-state index in [1.165, 1.54) is 70.6 Å². The molecule has 0 aromatic rings. The molecule has 6 heteroatoms. The van der Waals surface area contributed by atoms with Crippen LogP contribution in [-0.2, 0) is 14.3 Å². The first-order valence-corrected chi connectivity index (χ1v) is 22.4. The third-order valence-corrected chi connectivity index (χ3v) is 15.4. The van der Waals surface area contributed by atoms with Crippen molar-refractivity contribution in [2.24, 2.45) is 63.7 Å². The number of carbonyl (C=O) groups excluding carboxylic acids is 2. The summed E-state index contributed by atoms with van der Waals surface area (Å²) in [7, 11) is 0. The van der Waals surface area contributed by atoms with Crippen molar-refractivity contribution in [3.63, 3.8) is 0 Å². The lowest BCUT2D eigenvalue weighted by Gasteiger charge is -2.58. The summed E-state index contributed by atoms with van der Waals surface area (Å²) in [4.78, 5) is 28.3. The molecule has 4 rings (SSSR count). The first-order chi connectivity index (χ1) is 24.7. The van der Waals surface area contributed by atoms with Crippen molar-refractivity contribution in [3.8, 4) is 0 Å². The van der Waals surface area contributed by atoms with Crippen LogP contribution in [0.3, 0.4) is 0 Å². The third kappa shape index (κ3) is 11.1. The van der Waals surface area contributed by atoms with E-state index in [-0.39, 0.29) is 48.3 Å². The second kappa shape index (κ2) is 20.0. The summed E-state index contributed by atoms with van der Waals surface area (Å²) in [5.74, 6) is 5.63. The highest BCUT2D eigenvalue weighted by Gasteiger charge is 2.59. The predicted molar refractivity (Wildman–Crippen MR) is 218 cm³/mol. The number of ether oxygens (including phenoxy) is 1. The van der Waals surface area contributed by atoms with E-state index in [0.29, 0.717) is 12.0 Å². The number of hydrogen-bond acceptors (Lipinski definition) is 5. The van der Waals surface area contributed by atoms with Gasteiger partial charge < -0.3 is 21.1 Å². The van der Waals surface area contributed by atoms with Crippen molar-refractivity contribution in [3.05, 3.63) is 11.6 Å². The van der Waals surface area contributed by atoms with E-state index >= 15 is 0 Å². The van der Waals surface area contributed by atoms with Gasteiger partial charge in [0.05, 0.1) is 6.42 Å². The van der Waals surface area contributed by atoms with E-state index in [2.05, 4.69) is 54.5 Å². The number of carbonyl (C=O) groups is 2. The van der Waals surface area contributed by atoms with Crippen LogP contribution in [0.2, 0.25) is 0 Å². The van der Waals surface area contributed by atoms with Crippen LogP contribution in [0.25, 0.3) is 0 Å². The zero-order chi connectivity index (χ0) is 38.1. The Morgan fingerprint density at radius 1 is 0.827 bits per heavy atom. The van der Waals surface area contributed by atoms with E-state index in [1.807, 2.05) is 11.8 Å². The molecule has 3 saturated carbocycles. The zero-order valence-electron chi connectivity index (χ0n) is 35.2. The molecule has 11 atom stereocenters. The summed E-state index contributed by atoms with van der Waals surface area (Å²) in [6.07, 6.45) is 24.3. The lowest BCUT2D eigenvalue weighted by molar-refractivity contribution is -0.153. The Labute approximate surface area is 320 Å². The van der Waals surface area contributed by atoms with Crippen molar-refractivity contribution >= 4 is 11.9 Å². The maximum atomic E-state index is 13.3. The number of hydrogen-bond donors (Lipinski definition) is 2. The van der Waals surface area contributed by atoms with Crippen molar-refractivity contribution in [2.45, 2.75) is 202 Å². The number of fused-ring (bicyclic) bond motifs is 5. The van der Waals surface area contributed by atoms with Gasteiger partial charge in [-0.2, -0.15) is 0 Å². The lowest BCUT2D eigenvalue weighted by Crippen LogP contribution is -2.51. The fourth-order valence-corrected chi connectivity index (χ4v) is 12.0. The summed E-state index contributed by atoms with van der Waals surface area (Å²) in [5, 5.41) is 0. The van der Waals surface area contributed by atoms with Gasteiger partial charge in [-0.15, -0.1) is 0 Å². The van der Waals surface area contributed by atoms with Crippen LogP contribution in [0.4, 0.5) is 0 Å². The van der Waals surface area contributed by atoms with Gasteiger partial charge in [0.25, 0.3) is 0 Å². The van der Waals surface area contributed by atoms with Crippen molar-refractivity contribution in [2.75, 3.05) is 13.1 Å². The zero-order valence-corrected chi connectivity index (χ0v) is 35.2. The normalized spacial score (nSPS) is 32.2. The molecular formula is C46H83N3O3. The molecule has 4 N–H and O–H groups in total. The van der Waals surface area contributed by atoms with E-state index in [0.717, 1.165) is 92.9 Å². The summed E-state index contributed by atoms with van der Waals surface area (Å²) >= 11 is 0. The Morgan fingerprint density at radius 2 is 1.54 bits per heavy atom. The molecule has 3 fully saturated rings. The molecule has 300 valence electrons. The maximum absolute atomic E-state index is 13.3. The fourth-order valence-electron chi connectivity index (χ4n) is 12.0. The SMILES string of the molecule is CC[C@H](CC[C@@H](C)C1CCC2C3CC=C4CC(OC(=O)CCC(=O)N(CCCCCCCC(C)N)CCC(C)N)CCC4(C)C3CCC21C)C(C)C. The average molecular weight is 726 g/mol. The van der Waals surface area contributed by atoms with Crippen LogP contribution in [0.5, 0.6) is 0 Å². The Balaban J connectivity index is 1.26. The molecule has 4 aliphatic rings. The summed E-state index contributed by atoms with van der Waals surface area (Å²) in [6, 6.07) is 0.324. The van der Waals surface area contributed by atoms with Crippen LogP contribution in [0.1, 0.15) is 184 Å². The number of rotatable bonds is 21. The molecule has 0 aliphatic heterocycles. The van der Waals surface area contributed by atoms with Crippen LogP contribution >= 0.6 is 0 Å². The Kier molecular flexibility index (Phi) is 16.6. The van der Waals surface area contributed by atoms with Crippen molar-refractivity contribution in [1.29, 1.82) is 0 Å². The van der Waals surface area contributed by atoms with Gasteiger partial charge in [-0.05, 0) is 137 Å². The van der Waals surface area contributed by atoms with E-state index in [9.17, 15) is 9.59 Å². The standard InChI is InChI=1S/C46H83N3O3/c1-9-36(32(2)3)17-16-33(4)40-20-21-41-39-19-18-37-31-38(24-27-45(37,7)42(39)25-28-46(40,41)8)52-44(51)23-22-43(50)49(30-26-35(6)48)29-14-12-10-11-13-15-34(5)47/h18,32-36,38-42H,9-17,19-31,47-48H2,1-8H3/t33-,34?,35?,36-,38?,39?,40?,41?,42?,45?,46?/m1/s1. The minimum absolute atomic E-state index is 0.0509. The number of esters is 1. The number of nitrogens with two attached hydrogens (primary N) is 2. The minimum Gasteiger partial charge on any atom is -0.462 e. The molecule has 0 aromatic carbocycles. The summed E-state index contributed by atoms with van der Waals surface area (Å²) in [6.45, 7) is 20.5. The molecule has 1 amide bonds. The molecule has 4 aliphatic carbocycles. The van der Waals surface area contributed by atoms with E-state index in [4.69, 9.17) is 16.2 Å². The van der Waals surface area contributed by atoms with Crippen LogP contribution in [0, 0.1) is 52.3 Å². The molecule has 0 radical (unpaired) electrons.